The maximum absolute atomic E-state index is 13.8. The van der Waals surface area contributed by atoms with Crippen molar-refractivity contribution in [2.75, 3.05) is 13.7 Å². The number of fused-ring (bicyclic) bond motifs is 1. The number of para-hydroxylation sites is 1. The normalized spacial score (nSPS) is 15.4. The van der Waals surface area contributed by atoms with Gasteiger partial charge in [-0.1, -0.05) is 29.5 Å². The number of carbonyl (C=O) groups excluding carboxylic acids is 1. The monoisotopic (exact) mass is 586 g/mol. The standard InChI is InChI=1S/C27H27BrN2O6S/c1-6-35-26(33)22-15(4)29-27-30(23(22)17-9-7-8-10-19(17)36-14(2)3)25(32)21(37-27)13-16-11-18(28)24(31)20(12-16)34-5/h7-14,23,31H,6H2,1-5H3/b21-13-/t23-/m0/s1. The van der Waals surface area contributed by atoms with Crippen molar-refractivity contribution in [2.45, 2.75) is 39.8 Å². The van der Waals surface area contributed by atoms with Gasteiger partial charge in [-0.2, -0.15) is 0 Å². The lowest BCUT2D eigenvalue weighted by Gasteiger charge is -2.26. The molecule has 0 saturated carbocycles. The number of thiazole rings is 1. The van der Waals surface area contributed by atoms with E-state index < -0.39 is 12.0 Å². The zero-order valence-corrected chi connectivity index (χ0v) is 23.5. The van der Waals surface area contributed by atoms with Gasteiger partial charge in [0.15, 0.2) is 16.3 Å². The van der Waals surface area contributed by atoms with Crippen molar-refractivity contribution >= 4 is 39.3 Å². The van der Waals surface area contributed by atoms with E-state index in [0.717, 1.165) is 0 Å². The lowest BCUT2D eigenvalue weighted by molar-refractivity contribution is -0.139. The molecule has 0 aliphatic carbocycles. The van der Waals surface area contributed by atoms with Crippen LogP contribution in [0.4, 0.5) is 0 Å². The SMILES string of the molecule is CCOC(=O)C1=C(C)N=c2s/c(=C\c3cc(Br)c(O)c(OC)c3)c(=O)n2[C@H]1c1ccccc1OC(C)C. The number of hydrogen-bond acceptors (Lipinski definition) is 8. The van der Waals surface area contributed by atoms with Gasteiger partial charge in [-0.25, -0.2) is 9.79 Å². The van der Waals surface area contributed by atoms with Crippen molar-refractivity contribution in [3.63, 3.8) is 0 Å². The molecule has 10 heteroatoms. The molecule has 0 unspecified atom stereocenters. The first-order valence-corrected chi connectivity index (χ1v) is 13.3. The zero-order chi connectivity index (χ0) is 26.9. The Morgan fingerprint density at radius 1 is 1.27 bits per heavy atom. The summed E-state index contributed by atoms with van der Waals surface area (Å²) in [6.45, 7) is 7.50. The average Bonchev–Trinajstić information content (AvgIpc) is 3.14. The third kappa shape index (κ3) is 5.21. The number of nitrogens with zero attached hydrogens (tertiary/aromatic N) is 2. The molecule has 1 aliphatic rings. The molecule has 2 aromatic carbocycles. The first-order valence-electron chi connectivity index (χ1n) is 11.7. The van der Waals surface area contributed by atoms with Crippen LogP contribution in [-0.4, -0.2) is 35.5 Å². The Morgan fingerprint density at radius 3 is 2.68 bits per heavy atom. The molecule has 1 atom stereocenters. The molecule has 37 heavy (non-hydrogen) atoms. The number of halogens is 1. The molecule has 0 saturated heterocycles. The van der Waals surface area contributed by atoms with Crippen molar-refractivity contribution in [1.29, 1.82) is 0 Å². The minimum absolute atomic E-state index is 0.0300. The van der Waals surface area contributed by atoms with E-state index in [4.69, 9.17) is 14.2 Å². The predicted octanol–water partition coefficient (Wildman–Crippen LogP) is 4.06. The van der Waals surface area contributed by atoms with Gasteiger partial charge < -0.3 is 19.3 Å². The quantitative estimate of drug-likeness (QED) is 0.419. The van der Waals surface area contributed by atoms with Crippen molar-refractivity contribution in [3.8, 4) is 17.2 Å². The minimum atomic E-state index is -0.784. The summed E-state index contributed by atoms with van der Waals surface area (Å²) in [4.78, 5) is 32.1. The molecular weight excluding hydrogens is 560 g/mol. The number of carbonyl (C=O) groups is 1. The smallest absolute Gasteiger partial charge is 0.338 e. The summed E-state index contributed by atoms with van der Waals surface area (Å²) in [5.74, 6) is 0.277. The summed E-state index contributed by atoms with van der Waals surface area (Å²) < 4.78 is 19.0. The number of ether oxygens (including phenoxy) is 3. The van der Waals surface area contributed by atoms with E-state index in [2.05, 4.69) is 20.9 Å². The van der Waals surface area contributed by atoms with Crippen molar-refractivity contribution in [1.82, 2.24) is 4.57 Å². The molecule has 8 nitrogen and oxygen atoms in total. The van der Waals surface area contributed by atoms with E-state index in [1.165, 1.54) is 23.0 Å². The van der Waals surface area contributed by atoms with Crippen LogP contribution in [0.25, 0.3) is 6.08 Å². The number of benzene rings is 2. The van der Waals surface area contributed by atoms with E-state index in [0.29, 0.717) is 36.4 Å². The minimum Gasteiger partial charge on any atom is -0.503 e. The van der Waals surface area contributed by atoms with Crippen LogP contribution in [0, 0.1) is 0 Å². The van der Waals surface area contributed by atoms with Crippen LogP contribution in [0.2, 0.25) is 0 Å². The summed E-state index contributed by atoms with van der Waals surface area (Å²) in [7, 11) is 1.45. The van der Waals surface area contributed by atoms with Gasteiger partial charge in [-0.3, -0.25) is 9.36 Å². The Labute approximate surface area is 226 Å². The molecule has 1 aliphatic heterocycles. The molecule has 0 amide bonds. The van der Waals surface area contributed by atoms with Gasteiger partial charge in [0, 0.05) is 5.56 Å². The van der Waals surface area contributed by atoms with Crippen LogP contribution in [0.1, 0.15) is 44.9 Å². The Bertz CT molecular complexity index is 1570. The van der Waals surface area contributed by atoms with Crippen LogP contribution in [0.5, 0.6) is 17.2 Å². The average molecular weight is 587 g/mol. The van der Waals surface area contributed by atoms with Crippen LogP contribution in [-0.2, 0) is 9.53 Å². The first-order chi connectivity index (χ1) is 17.7. The lowest BCUT2D eigenvalue weighted by Crippen LogP contribution is -2.40. The fraction of sp³-hybridized carbons (Fsp3) is 0.296. The summed E-state index contributed by atoms with van der Waals surface area (Å²) in [6, 6.07) is 9.90. The number of methoxy groups -OCH3 is 1. The second-order valence-corrected chi connectivity index (χ2v) is 10.4. The second-order valence-electron chi connectivity index (χ2n) is 8.56. The van der Waals surface area contributed by atoms with E-state index in [1.54, 1.807) is 32.1 Å². The van der Waals surface area contributed by atoms with Gasteiger partial charge >= 0.3 is 5.97 Å². The Morgan fingerprint density at radius 2 is 2.00 bits per heavy atom. The Kier molecular flexibility index (Phi) is 7.89. The number of rotatable bonds is 7. The molecule has 0 fully saturated rings. The van der Waals surface area contributed by atoms with Crippen LogP contribution in [0.15, 0.2) is 61.9 Å². The Balaban J connectivity index is 1.98. The zero-order valence-electron chi connectivity index (χ0n) is 21.1. The van der Waals surface area contributed by atoms with Crippen molar-refractivity contribution < 1.29 is 24.1 Å². The highest BCUT2D eigenvalue weighted by molar-refractivity contribution is 9.10. The van der Waals surface area contributed by atoms with E-state index >= 15 is 0 Å². The Hall–Kier alpha value is -3.37. The predicted molar refractivity (Wildman–Crippen MR) is 145 cm³/mol. The maximum atomic E-state index is 13.8. The highest BCUT2D eigenvalue weighted by Crippen LogP contribution is 2.37. The third-order valence-electron chi connectivity index (χ3n) is 5.66. The van der Waals surface area contributed by atoms with Crippen LogP contribution < -0.4 is 24.4 Å². The summed E-state index contributed by atoms with van der Waals surface area (Å²) in [5.41, 5.74) is 1.76. The topological polar surface area (TPSA) is 99.4 Å². The van der Waals surface area contributed by atoms with Gasteiger partial charge in [0.25, 0.3) is 5.56 Å². The third-order valence-corrected chi connectivity index (χ3v) is 7.25. The molecule has 0 bridgehead atoms. The second kappa shape index (κ2) is 10.9. The number of phenols is 1. The van der Waals surface area contributed by atoms with Gasteiger partial charge in [-0.05, 0) is 73.5 Å². The number of allylic oxidation sites excluding steroid dienone is 1. The maximum Gasteiger partial charge on any atom is 0.338 e. The number of hydrogen-bond donors (Lipinski definition) is 1. The van der Waals surface area contributed by atoms with E-state index in [-0.39, 0.29) is 35.3 Å². The lowest BCUT2D eigenvalue weighted by atomic mass is 9.95. The number of phenolic OH excluding ortho intramolecular Hbond substituents is 1. The van der Waals surface area contributed by atoms with Crippen molar-refractivity contribution in [2.24, 2.45) is 4.99 Å². The van der Waals surface area contributed by atoms with Crippen LogP contribution in [0.3, 0.4) is 0 Å². The van der Waals surface area contributed by atoms with Crippen LogP contribution >= 0.6 is 27.3 Å². The first kappa shape index (κ1) is 26.7. The molecule has 3 aromatic rings. The largest absolute Gasteiger partial charge is 0.503 e. The molecular formula is C27H27BrN2O6S. The molecule has 0 spiro atoms. The van der Waals surface area contributed by atoms with Gasteiger partial charge in [-0.15, -0.1) is 0 Å². The van der Waals surface area contributed by atoms with Crippen molar-refractivity contribution in [3.05, 3.63) is 83.0 Å². The highest BCUT2D eigenvalue weighted by Gasteiger charge is 2.35. The molecule has 2 heterocycles. The molecule has 194 valence electrons. The van der Waals surface area contributed by atoms with E-state index in [1.807, 2.05) is 38.1 Å². The van der Waals surface area contributed by atoms with Gasteiger partial charge in [0.1, 0.15) is 11.8 Å². The summed E-state index contributed by atoms with van der Waals surface area (Å²) in [6.07, 6.45) is 1.59. The number of aromatic nitrogens is 1. The fourth-order valence-corrected chi connectivity index (χ4v) is 5.64. The van der Waals surface area contributed by atoms with E-state index in [9.17, 15) is 14.7 Å². The fourth-order valence-electron chi connectivity index (χ4n) is 4.14. The number of esters is 1. The highest BCUT2D eigenvalue weighted by atomic mass is 79.9. The summed E-state index contributed by atoms with van der Waals surface area (Å²) >= 11 is 4.53. The van der Waals surface area contributed by atoms with Gasteiger partial charge in [0.05, 0.1) is 40.1 Å². The molecule has 4 rings (SSSR count). The molecule has 1 N–H and O–H groups in total. The van der Waals surface area contributed by atoms with Gasteiger partial charge in [0.2, 0.25) is 0 Å². The molecule has 1 aromatic heterocycles. The summed E-state index contributed by atoms with van der Waals surface area (Å²) in [5, 5.41) is 10.2. The number of aromatic hydroxyl groups is 1. The molecule has 0 radical (unpaired) electrons.